The van der Waals surface area contributed by atoms with E-state index in [2.05, 4.69) is 5.32 Å². The van der Waals surface area contributed by atoms with E-state index in [0.717, 1.165) is 0 Å². The van der Waals surface area contributed by atoms with Crippen LogP contribution >= 0.6 is 0 Å². The van der Waals surface area contributed by atoms with Crippen molar-refractivity contribution >= 4 is 17.8 Å². The van der Waals surface area contributed by atoms with E-state index in [1.807, 2.05) is 0 Å². The normalized spacial score (nSPS) is 23.0. The van der Waals surface area contributed by atoms with E-state index < -0.39 is 17.3 Å². The summed E-state index contributed by atoms with van der Waals surface area (Å²) in [6.45, 7) is 9.57. The first kappa shape index (κ1) is 17.5. The predicted molar refractivity (Wildman–Crippen MR) is 78.5 cm³/mol. The number of piperidine rings is 1. The first-order valence-electron chi connectivity index (χ1n) is 7.35. The molecule has 2 unspecified atom stereocenters. The Labute approximate surface area is 125 Å². The maximum absolute atomic E-state index is 12.4. The molecule has 1 rings (SSSR count). The third-order valence-corrected chi connectivity index (χ3v) is 3.60. The van der Waals surface area contributed by atoms with Gasteiger partial charge >= 0.3 is 5.97 Å². The summed E-state index contributed by atoms with van der Waals surface area (Å²) in [6, 6.07) is -0.305. The lowest BCUT2D eigenvalue weighted by Gasteiger charge is -2.39. The van der Waals surface area contributed by atoms with Crippen LogP contribution in [0, 0.1) is 17.3 Å². The summed E-state index contributed by atoms with van der Waals surface area (Å²) in [4.78, 5) is 37.0. The van der Waals surface area contributed by atoms with Crippen LogP contribution in [0.25, 0.3) is 0 Å². The standard InChI is InChI=1S/C15H26N2O4/c1-9(2)12(18)16-11-6-10(13(19)20)7-17(8-11)14(21)15(3,4)5/h9-11H,6-8H2,1-5H3,(H,16,18)(H,19,20). The van der Waals surface area contributed by atoms with Gasteiger partial charge in [0.25, 0.3) is 0 Å². The minimum atomic E-state index is -0.926. The van der Waals surface area contributed by atoms with Crippen molar-refractivity contribution in [3.8, 4) is 0 Å². The highest BCUT2D eigenvalue weighted by Gasteiger charge is 2.37. The molecule has 0 aromatic heterocycles. The van der Waals surface area contributed by atoms with Gasteiger partial charge in [-0.1, -0.05) is 34.6 Å². The van der Waals surface area contributed by atoms with E-state index in [1.54, 1.807) is 39.5 Å². The average Bonchev–Trinajstić information content (AvgIpc) is 2.36. The molecular formula is C15H26N2O4. The van der Waals surface area contributed by atoms with Gasteiger partial charge in [-0.15, -0.1) is 0 Å². The van der Waals surface area contributed by atoms with Crippen molar-refractivity contribution in [3.05, 3.63) is 0 Å². The number of aliphatic carboxylic acids is 1. The molecule has 0 radical (unpaired) electrons. The fourth-order valence-electron chi connectivity index (χ4n) is 2.39. The first-order chi connectivity index (χ1) is 9.52. The molecule has 0 aromatic rings. The summed E-state index contributed by atoms with van der Waals surface area (Å²) in [5.74, 6) is -1.93. The van der Waals surface area contributed by atoms with Crippen LogP contribution in [-0.2, 0) is 14.4 Å². The number of carboxylic acid groups (broad SMARTS) is 1. The summed E-state index contributed by atoms with van der Waals surface area (Å²) in [6.07, 6.45) is 0.363. The van der Waals surface area contributed by atoms with Crippen molar-refractivity contribution < 1.29 is 19.5 Å². The van der Waals surface area contributed by atoms with Crippen molar-refractivity contribution in [2.45, 2.75) is 47.1 Å². The van der Waals surface area contributed by atoms with E-state index in [4.69, 9.17) is 0 Å². The Morgan fingerprint density at radius 1 is 1.19 bits per heavy atom. The zero-order valence-electron chi connectivity index (χ0n) is 13.5. The quantitative estimate of drug-likeness (QED) is 0.817. The largest absolute Gasteiger partial charge is 0.481 e. The average molecular weight is 298 g/mol. The molecule has 1 aliphatic rings. The predicted octanol–water partition coefficient (Wildman–Crippen LogP) is 1.11. The molecule has 6 heteroatoms. The minimum Gasteiger partial charge on any atom is -0.481 e. The highest BCUT2D eigenvalue weighted by molar-refractivity contribution is 5.83. The Hall–Kier alpha value is -1.59. The number of carbonyl (C=O) groups is 3. The summed E-state index contributed by atoms with van der Waals surface area (Å²) in [5, 5.41) is 12.1. The summed E-state index contributed by atoms with van der Waals surface area (Å²) in [5.41, 5.74) is -0.562. The third kappa shape index (κ3) is 4.72. The van der Waals surface area contributed by atoms with Crippen LogP contribution in [-0.4, -0.2) is 46.9 Å². The molecule has 2 N–H and O–H groups in total. The molecule has 0 spiro atoms. The van der Waals surface area contributed by atoms with Gasteiger partial charge < -0.3 is 15.3 Å². The van der Waals surface area contributed by atoms with Gasteiger partial charge in [-0.05, 0) is 6.42 Å². The van der Waals surface area contributed by atoms with Gasteiger partial charge in [0, 0.05) is 30.5 Å². The van der Waals surface area contributed by atoms with E-state index in [1.165, 1.54) is 0 Å². The lowest BCUT2D eigenvalue weighted by Crippen LogP contribution is -2.56. The molecule has 21 heavy (non-hydrogen) atoms. The van der Waals surface area contributed by atoms with Crippen LogP contribution < -0.4 is 5.32 Å². The Balaban J connectivity index is 2.85. The molecule has 0 bridgehead atoms. The van der Waals surface area contributed by atoms with Gasteiger partial charge in [0.1, 0.15) is 0 Å². The summed E-state index contributed by atoms with van der Waals surface area (Å²) >= 11 is 0. The van der Waals surface area contributed by atoms with Gasteiger partial charge in [-0.3, -0.25) is 14.4 Å². The molecular weight excluding hydrogens is 272 g/mol. The van der Waals surface area contributed by atoms with E-state index >= 15 is 0 Å². The number of carbonyl (C=O) groups excluding carboxylic acids is 2. The van der Waals surface area contributed by atoms with Crippen LogP contribution in [0.4, 0.5) is 0 Å². The number of amides is 2. The smallest absolute Gasteiger partial charge is 0.308 e. The van der Waals surface area contributed by atoms with Gasteiger partial charge in [0.15, 0.2) is 0 Å². The molecule has 1 fully saturated rings. The van der Waals surface area contributed by atoms with Gasteiger partial charge in [-0.2, -0.15) is 0 Å². The van der Waals surface area contributed by atoms with Crippen molar-refractivity contribution in [1.82, 2.24) is 10.2 Å². The first-order valence-corrected chi connectivity index (χ1v) is 7.35. The Bertz CT molecular complexity index is 426. The second-order valence-corrected chi connectivity index (χ2v) is 7.09. The SMILES string of the molecule is CC(C)C(=O)NC1CC(C(=O)O)CN(C(=O)C(C)(C)C)C1. The molecule has 0 aromatic carbocycles. The lowest BCUT2D eigenvalue weighted by atomic mass is 9.89. The van der Waals surface area contributed by atoms with Crippen LogP contribution in [0.2, 0.25) is 0 Å². The zero-order valence-corrected chi connectivity index (χ0v) is 13.5. The molecule has 0 saturated carbocycles. The maximum atomic E-state index is 12.4. The van der Waals surface area contributed by atoms with E-state index in [0.29, 0.717) is 13.0 Å². The van der Waals surface area contributed by atoms with Crippen molar-refractivity contribution in [2.24, 2.45) is 17.3 Å². The Kier molecular flexibility index (Phi) is 5.36. The molecule has 2 amide bonds. The second kappa shape index (κ2) is 6.45. The summed E-state index contributed by atoms with van der Waals surface area (Å²) < 4.78 is 0. The Morgan fingerprint density at radius 3 is 2.19 bits per heavy atom. The summed E-state index contributed by atoms with van der Waals surface area (Å²) in [7, 11) is 0. The monoisotopic (exact) mass is 298 g/mol. The number of carboxylic acids is 1. The van der Waals surface area contributed by atoms with Crippen molar-refractivity contribution in [2.75, 3.05) is 13.1 Å². The molecule has 6 nitrogen and oxygen atoms in total. The highest BCUT2D eigenvalue weighted by atomic mass is 16.4. The van der Waals surface area contributed by atoms with Gasteiger partial charge in [0.2, 0.25) is 11.8 Å². The van der Waals surface area contributed by atoms with Crippen LogP contribution in [0.1, 0.15) is 41.0 Å². The van der Waals surface area contributed by atoms with Crippen LogP contribution in [0.15, 0.2) is 0 Å². The molecule has 1 saturated heterocycles. The van der Waals surface area contributed by atoms with Crippen LogP contribution in [0.5, 0.6) is 0 Å². The van der Waals surface area contributed by atoms with Crippen LogP contribution in [0.3, 0.4) is 0 Å². The fourth-order valence-corrected chi connectivity index (χ4v) is 2.39. The maximum Gasteiger partial charge on any atom is 0.308 e. The second-order valence-electron chi connectivity index (χ2n) is 7.09. The number of nitrogens with one attached hydrogen (secondary N) is 1. The van der Waals surface area contributed by atoms with Crippen molar-refractivity contribution in [1.29, 1.82) is 0 Å². The molecule has 1 heterocycles. The van der Waals surface area contributed by atoms with E-state index in [-0.39, 0.29) is 30.3 Å². The number of hydrogen-bond donors (Lipinski definition) is 2. The lowest BCUT2D eigenvalue weighted by molar-refractivity contribution is -0.150. The molecule has 2 atom stereocenters. The van der Waals surface area contributed by atoms with Gasteiger partial charge in [-0.25, -0.2) is 0 Å². The molecule has 120 valence electrons. The topological polar surface area (TPSA) is 86.7 Å². The minimum absolute atomic E-state index is 0.0859. The zero-order chi connectivity index (χ0) is 16.4. The molecule has 1 aliphatic heterocycles. The number of rotatable bonds is 3. The van der Waals surface area contributed by atoms with Crippen molar-refractivity contribution in [3.63, 3.8) is 0 Å². The Morgan fingerprint density at radius 2 is 1.76 bits per heavy atom. The number of likely N-dealkylation sites (tertiary alicyclic amines) is 1. The number of hydrogen-bond acceptors (Lipinski definition) is 3. The van der Waals surface area contributed by atoms with Gasteiger partial charge in [0.05, 0.1) is 5.92 Å². The number of nitrogens with zero attached hydrogens (tertiary/aromatic N) is 1. The fraction of sp³-hybridized carbons (Fsp3) is 0.800. The van der Waals surface area contributed by atoms with E-state index in [9.17, 15) is 19.5 Å². The third-order valence-electron chi connectivity index (χ3n) is 3.60. The molecule has 0 aliphatic carbocycles. The highest BCUT2D eigenvalue weighted by Crippen LogP contribution is 2.24.